The molecule has 1 aromatic rings. The predicted octanol–water partition coefficient (Wildman–Crippen LogP) is 2.59. The zero-order chi connectivity index (χ0) is 13.8. The first kappa shape index (κ1) is 14.6. The van der Waals surface area contributed by atoms with Crippen LogP contribution in [0, 0.1) is 0 Å². The van der Waals surface area contributed by atoms with E-state index >= 15 is 0 Å². The summed E-state index contributed by atoms with van der Waals surface area (Å²) < 4.78 is 0. The normalized spacial score (nSPS) is 16.7. The second-order valence-electron chi connectivity index (χ2n) is 4.44. The van der Waals surface area contributed by atoms with Gasteiger partial charge in [0.2, 0.25) is 5.91 Å². The first-order valence-corrected chi connectivity index (χ1v) is 6.89. The van der Waals surface area contributed by atoms with E-state index in [1.807, 2.05) is 9.96 Å². The number of halogens is 2. The summed E-state index contributed by atoms with van der Waals surface area (Å²) in [5, 5.41) is 3.15. The minimum Gasteiger partial charge on any atom is -0.340 e. The first-order valence-electron chi connectivity index (χ1n) is 6.13. The van der Waals surface area contributed by atoms with Gasteiger partial charge >= 0.3 is 0 Å². The van der Waals surface area contributed by atoms with Crippen LogP contribution in [0.1, 0.15) is 12.5 Å². The van der Waals surface area contributed by atoms with E-state index in [1.165, 1.54) is 0 Å². The van der Waals surface area contributed by atoms with E-state index < -0.39 is 0 Å². The van der Waals surface area contributed by atoms with Gasteiger partial charge in [-0.25, -0.2) is 0 Å². The Labute approximate surface area is 122 Å². The molecule has 1 fully saturated rings. The lowest BCUT2D eigenvalue weighted by atomic mass is 10.2. The van der Waals surface area contributed by atoms with Crippen molar-refractivity contribution in [3.63, 3.8) is 0 Å². The highest BCUT2D eigenvalue weighted by Gasteiger charge is 2.19. The molecule has 0 aliphatic carbocycles. The molecule has 0 saturated carbocycles. The summed E-state index contributed by atoms with van der Waals surface area (Å²) in [7, 11) is 0. The highest BCUT2D eigenvalue weighted by atomic mass is 35.5. The smallest absolute Gasteiger partial charge is 0.219 e. The molecule has 6 heteroatoms. The van der Waals surface area contributed by atoms with Crippen molar-refractivity contribution >= 4 is 29.1 Å². The van der Waals surface area contributed by atoms with Gasteiger partial charge in [-0.05, 0) is 23.8 Å². The summed E-state index contributed by atoms with van der Waals surface area (Å²) in [6.07, 6.45) is 0. The number of piperazine rings is 1. The Balaban J connectivity index is 1.83. The molecule has 0 aromatic heterocycles. The number of amides is 1. The average molecular weight is 303 g/mol. The van der Waals surface area contributed by atoms with Crippen molar-refractivity contribution in [2.75, 3.05) is 26.2 Å². The molecule has 0 bridgehead atoms. The number of benzene rings is 1. The fourth-order valence-electron chi connectivity index (χ4n) is 1.95. The molecule has 1 amide bonds. The lowest BCUT2D eigenvalue weighted by molar-refractivity contribution is -0.188. The number of hydroxylamine groups is 2. The summed E-state index contributed by atoms with van der Waals surface area (Å²) in [5.74, 6) is 0.109. The van der Waals surface area contributed by atoms with E-state index in [1.54, 1.807) is 25.1 Å². The molecule has 4 nitrogen and oxygen atoms in total. The highest BCUT2D eigenvalue weighted by molar-refractivity contribution is 6.33. The maximum absolute atomic E-state index is 11.2. The molecule has 1 aliphatic rings. The van der Waals surface area contributed by atoms with E-state index in [2.05, 4.69) is 0 Å². The summed E-state index contributed by atoms with van der Waals surface area (Å²) in [6.45, 7) is 4.77. The Bertz CT molecular complexity index is 460. The molecular formula is C13H16Cl2N2O2. The Morgan fingerprint density at radius 2 is 1.95 bits per heavy atom. The van der Waals surface area contributed by atoms with Gasteiger partial charge in [0.1, 0.15) is 0 Å². The molecule has 0 radical (unpaired) electrons. The Hall–Kier alpha value is -0.810. The van der Waals surface area contributed by atoms with Gasteiger partial charge in [0.25, 0.3) is 0 Å². The minimum absolute atomic E-state index is 0.109. The van der Waals surface area contributed by atoms with Gasteiger partial charge in [-0.1, -0.05) is 23.2 Å². The molecule has 1 heterocycles. The zero-order valence-corrected chi connectivity index (χ0v) is 12.2. The van der Waals surface area contributed by atoms with E-state index in [0.29, 0.717) is 42.8 Å². The molecule has 104 valence electrons. The third kappa shape index (κ3) is 4.08. The molecule has 1 aliphatic heterocycles. The largest absolute Gasteiger partial charge is 0.340 e. The van der Waals surface area contributed by atoms with Gasteiger partial charge in [-0.3, -0.25) is 9.63 Å². The molecule has 0 unspecified atom stereocenters. The third-order valence-corrected chi connectivity index (χ3v) is 3.70. The van der Waals surface area contributed by atoms with Crippen molar-refractivity contribution in [1.82, 2.24) is 9.96 Å². The molecule has 0 spiro atoms. The van der Waals surface area contributed by atoms with Crippen molar-refractivity contribution in [1.29, 1.82) is 0 Å². The van der Waals surface area contributed by atoms with Crippen LogP contribution in [0.15, 0.2) is 18.2 Å². The van der Waals surface area contributed by atoms with Crippen LogP contribution in [0.5, 0.6) is 0 Å². The molecule has 0 atom stereocenters. The van der Waals surface area contributed by atoms with Gasteiger partial charge in [0.15, 0.2) is 0 Å². The molecule has 2 rings (SSSR count). The molecular weight excluding hydrogens is 287 g/mol. The Kier molecular flexibility index (Phi) is 5.05. The second-order valence-corrected chi connectivity index (χ2v) is 5.29. The van der Waals surface area contributed by atoms with Crippen molar-refractivity contribution in [2.24, 2.45) is 0 Å². The highest BCUT2D eigenvalue weighted by Crippen LogP contribution is 2.21. The molecule has 0 N–H and O–H groups in total. The summed E-state index contributed by atoms with van der Waals surface area (Å²) in [5.41, 5.74) is 0.864. The van der Waals surface area contributed by atoms with E-state index in [-0.39, 0.29) is 5.91 Å². The van der Waals surface area contributed by atoms with Gasteiger partial charge in [0.05, 0.1) is 6.61 Å². The number of hydrogen-bond donors (Lipinski definition) is 0. The summed E-state index contributed by atoms with van der Waals surface area (Å²) in [6, 6.07) is 5.31. The number of rotatable bonds is 3. The molecule has 1 aromatic carbocycles. The Morgan fingerprint density at radius 1 is 1.26 bits per heavy atom. The number of carbonyl (C=O) groups excluding carboxylic acids is 1. The van der Waals surface area contributed by atoms with Gasteiger partial charge < -0.3 is 4.90 Å². The van der Waals surface area contributed by atoms with E-state index in [0.717, 1.165) is 5.56 Å². The van der Waals surface area contributed by atoms with Crippen LogP contribution in [0.25, 0.3) is 0 Å². The lowest BCUT2D eigenvalue weighted by Gasteiger charge is -2.33. The standard InChI is InChI=1S/C13H16Cl2N2O2/c1-10(18)16-4-6-17(7-5-16)19-9-11-8-12(14)2-3-13(11)15/h2-3,8H,4-7,9H2,1H3. The SMILES string of the molecule is CC(=O)N1CCN(OCc2cc(Cl)ccc2Cl)CC1. The Morgan fingerprint density at radius 3 is 2.58 bits per heavy atom. The minimum atomic E-state index is 0.109. The molecule has 1 saturated heterocycles. The van der Waals surface area contributed by atoms with Crippen LogP contribution < -0.4 is 0 Å². The lowest BCUT2D eigenvalue weighted by Crippen LogP contribution is -2.47. The van der Waals surface area contributed by atoms with Crippen molar-refractivity contribution in [3.05, 3.63) is 33.8 Å². The second kappa shape index (κ2) is 6.57. The van der Waals surface area contributed by atoms with Gasteiger partial charge in [-0.2, -0.15) is 5.06 Å². The van der Waals surface area contributed by atoms with Gasteiger partial charge in [-0.15, -0.1) is 0 Å². The van der Waals surface area contributed by atoms with E-state index in [4.69, 9.17) is 28.0 Å². The summed E-state index contributed by atoms with van der Waals surface area (Å²) >= 11 is 12.0. The van der Waals surface area contributed by atoms with Crippen LogP contribution in [0.2, 0.25) is 10.0 Å². The first-order chi connectivity index (χ1) is 9.06. The maximum Gasteiger partial charge on any atom is 0.219 e. The van der Waals surface area contributed by atoms with Crippen molar-refractivity contribution in [3.8, 4) is 0 Å². The predicted molar refractivity (Wildman–Crippen MR) is 75.1 cm³/mol. The monoisotopic (exact) mass is 302 g/mol. The van der Waals surface area contributed by atoms with Crippen LogP contribution in [0.3, 0.4) is 0 Å². The zero-order valence-electron chi connectivity index (χ0n) is 10.7. The third-order valence-electron chi connectivity index (χ3n) is 3.09. The van der Waals surface area contributed by atoms with Crippen LogP contribution in [-0.4, -0.2) is 42.0 Å². The average Bonchev–Trinajstić information content (AvgIpc) is 2.40. The van der Waals surface area contributed by atoms with Crippen molar-refractivity contribution in [2.45, 2.75) is 13.5 Å². The van der Waals surface area contributed by atoms with E-state index in [9.17, 15) is 4.79 Å². The van der Waals surface area contributed by atoms with Crippen LogP contribution in [-0.2, 0) is 16.2 Å². The fraction of sp³-hybridized carbons (Fsp3) is 0.462. The van der Waals surface area contributed by atoms with Crippen molar-refractivity contribution < 1.29 is 9.63 Å². The van der Waals surface area contributed by atoms with Crippen LogP contribution >= 0.6 is 23.2 Å². The number of carbonyl (C=O) groups is 1. The van der Waals surface area contributed by atoms with Crippen LogP contribution in [0.4, 0.5) is 0 Å². The topological polar surface area (TPSA) is 32.8 Å². The number of nitrogens with zero attached hydrogens (tertiary/aromatic N) is 2. The maximum atomic E-state index is 11.2. The molecule has 19 heavy (non-hydrogen) atoms. The van der Waals surface area contributed by atoms with Gasteiger partial charge in [0, 0.05) is 43.1 Å². The summed E-state index contributed by atoms with van der Waals surface area (Å²) in [4.78, 5) is 18.7. The quantitative estimate of drug-likeness (QED) is 0.860. The fourth-order valence-corrected chi connectivity index (χ4v) is 2.31. The number of hydrogen-bond acceptors (Lipinski definition) is 3.